The topological polar surface area (TPSA) is 60.7 Å². The standard InChI is InChI=1S/C15H26O3/c1-14(2)6-11-12(9-17)10(8-16)4-5-15(3,18)13(11)7-14/h6,10,12-13,16-18H,4-5,7-9H2,1-3H3/t10-,12+,13-,15-/m1/s1. The van der Waals surface area contributed by atoms with Gasteiger partial charge in [0.25, 0.3) is 0 Å². The van der Waals surface area contributed by atoms with E-state index in [1.165, 1.54) is 5.57 Å². The van der Waals surface area contributed by atoms with Crippen LogP contribution in [0, 0.1) is 23.2 Å². The molecule has 3 N–H and O–H groups in total. The summed E-state index contributed by atoms with van der Waals surface area (Å²) in [7, 11) is 0. The Hall–Kier alpha value is -0.380. The van der Waals surface area contributed by atoms with Crippen molar-refractivity contribution >= 4 is 0 Å². The summed E-state index contributed by atoms with van der Waals surface area (Å²) in [4.78, 5) is 0. The van der Waals surface area contributed by atoms with Gasteiger partial charge in [-0.1, -0.05) is 25.5 Å². The third-order valence-corrected chi connectivity index (χ3v) is 4.89. The predicted molar refractivity (Wildman–Crippen MR) is 71.0 cm³/mol. The maximum absolute atomic E-state index is 10.7. The highest BCUT2D eigenvalue weighted by atomic mass is 16.3. The van der Waals surface area contributed by atoms with Gasteiger partial charge in [-0.05, 0) is 37.5 Å². The van der Waals surface area contributed by atoms with Crippen LogP contribution in [0.5, 0.6) is 0 Å². The van der Waals surface area contributed by atoms with Crippen molar-refractivity contribution in [2.45, 2.75) is 45.6 Å². The number of hydrogen-bond donors (Lipinski definition) is 3. The number of aliphatic hydroxyl groups is 3. The largest absolute Gasteiger partial charge is 0.396 e. The van der Waals surface area contributed by atoms with Crippen molar-refractivity contribution < 1.29 is 15.3 Å². The molecule has 0 unspecified atom stereocenters. The van der Waals surface area contributed by atoms with Crippen molar-refractivity contribution in [2.24, 2.45) is 23.2 Å². The summed E-state index contributed by atoms with van der Waals surface area (Å²) in [5.41, 5.74) is 0.537. The second-order valence-corrected chi connectivity index (χ2v) is 7.02. The van der Waals surface area contributed by atoms with Crippen molar-refractivity contribution in [3.8, 4) is 0 Å². The van der Waals surface area contributed by atoms with E-state index in [1.807, 2.05) is 6.92 Å². The number of allylic oxidation sites excluding steroid dienone is 1. The molecule has 0 aromatic carbocycles. The smallest absolute Gasteiger partial charge is 0.0685 e. The van der Waals surface area contributed by atoms with Gasteiger partial charge in [-0.2, -0.15) is 0 Å². The molecule has 0 bridgehead atoms. The normalized spacial score (nSPS) is 43.2. The van der Waals surface area contributed by atoms with Gasteiger partial charge in [-0.3, -0.25) is 0 Å². The molecule has 0 spiro atoms. The Morgan fingerprint density at radius 1 is 1.22 bits per heavy atom. The number of aliphatic hydroxyl groups excluding tert-OH is 2. The molecule has 1 fully saturated rings. The molecular formula is C15H26O3. The molecule has 104 valence electrons. The molecular weight excluding hydrogens is 228 g/mol. The van der Waals surface area contributed by atoms with Gasteiger partial charge in [-0.15, -0.1) is 0 Å². The van der Waals surface area contributed by atoms with Crippen LogP contribution in [0.25, 0.3) is 0 Å². The van der Waals surface area contributed by atoms with Crippen molar-refractivity contribution in [2.75, 3.05) is 13.2 Å². The number of rotatable bonds is 2. The van der Waals surface area contributed by atoms with E-state index in [0.29, 0.717) is 6.42 Å². The van der Waals surface area contributed by atoms with Crippen LogP contribution in [-0.2, 0) is 0 Å². The minimum absolute atomic E-state index is 0.00995. The maximum atomic E-state index is 10.7. The van der Waals surface area contributed by atoms with Crippen LogP contribution in [-0.4, -0.2) is 34.1 Å². The van der Waals surface area contributed by atoms with Gasteiger partial charge >= 0.3 is 0 Å². The van der Waals surface area contributed by atoms with E-state index in [4.69, 9.17) is 0 Å². The lowest BCUT2D eigenvalue weighted by Gasteiger charge is -2.32. The van der Waals surface area contributed by atoms with Gasteiger partial charge in [0, 0.05) is 25.0 Å². The lowest BCUT2D eigenvalue weighted by atomic mass is 9.78. The predicted octanol–water partition coefficient (Wildman–Crippen LogP) is 1.72. The molecule has 2 aliphatic rings. The van der Waals surface area contributed by atoms with Gasteiger partial charge in [-0.25, -0.2) is 0 Å². The van der Waals surface area contributed by atoms with Crippen LogP contribution in [0.3, 0.4) is 0 Å². The van der Waals surface area contributed by atoms with Gasteiger partial charge in [0.1, 0.15) is 0 Å². The molecule has 0 aromatic heterocycles. The highest BCUT2D eigenvalue weighted by Crippen LogP contribution is 2.52. The van der Waals surface area contributed by atoms with Crippen LogP contribution < -0.4 is 0 Å². The van der Waals surface area contributed by atoms with Gasteiger partial charge < -0.3 is 15.3 Å². The fourth-order valence-electron chi connectivity index (χ4n) is 3.80. The summed E-state index contributed by atoms with van der Waals surface area (Å²) >= 11 is 0. The molecule has 0 heterocycles. The van der Waals surface area contributed by atoms with Crippen LogP contribution in [0.1, 0.15) is 40.0 Å². The van der Waals surface area contributed by atoms with E-state index in [0.717, 1.165) is 12.8 Å². The molecule has 0 radical (unpaired) electrons. The second kappa shape index (κ2) is 4.62. The Bertz CT molecular complexity index is 344. The van der Waals surface area contributed by atoms with Crippen LogP contribution in [0.15, 0.2) is 11.6 Å². The summed E-state index contributed by atoms with van der Waals surface area (Å²) in [6.45, 7) is 6.41. The lowest BCUT2D eigenvalue weighted by Crippen LogP contribution is -2.35. The van der Waals surface area contributed by atoms with E-state index in [1.54, 1.807) is 0 Å². The summed E-state index contributed by atoms with van der Waals surface area (Å²) in [5.74, 6) is 0.212. The van der Waals surface area contributed by atoms with Crippen molar-refractivity contribution in [3.63, 3.8) is 0 Å². The average molecular weight is 254 g/mol. The zero-order chi connectivity index (χ0) is 13.6. The minimum Gasteiger partial charge on any atom is -0.396 e. The van der Waals surface area contributed by atoms with Gasteiger partial charge in [0.2, 0.25) is 0 Å². The third kappa shape index (κ3) is 2.36. The molecule has 2 rings (SSSR count). The third-order valence-electron chi connectivity index (χ3n) is 4.89. The Kier molecular flexibility index (Phi) is 3.60. The van der Waals surface area contributed by atoms with Crippen LogP contribution in [0.4, 0.5) is 0 Å². The van der Waals surface area contributed by atoms with E-state index in [-0.39, 0.29) is 36.4 Å². The first-order valence-electron chi connectivity index (χ1n) is 6.97. The van der Waals surface area contributed by atoms with E-state index >= 15 is 0 Å². The highest BCUT2D eigenvalue weighted by molar-refractivity contribution is 5.27. The van der Waals surface area contributed by atoms with Crippen LogP contribution in [0.2, 0.25) is 0 Å². The molecule has 4 atom stereocenters. The summed E-state index contributed by atoms with van der Waals surface area (Å²) in [6, 6.07) is 0. The van der Waals surface area contributed by atoms with Crippen LogP contribution >= 0.6 is 0 Å². The molecule has 3 nitrogen and oxygen atoms in total. The maximum Gasteiger partial charge on any atom is 0.0685 e. The summed E-state index contributed by atoms with van der Waals surface area (Å²) < 4.78 is 0. The summed E-state index contributed by atoms with van der Waals surface area (Å²) in [6.07, 6.45) is 4.64. The Morgan fingerprint density at radius 2 is 1.89 bits per heavy atom. The SMILES string of the molecule is CC1(C)C=C2[C@@H](CO)[C@@H](CO)CC[C@@](C)(O)[C@@H]2C1. The molecule has 3 heteroatoms. The van der Waals surface area contributed by atoms with Crippen molar-refractivity contribution in [1.82, 2.24) is 0 Å². The Labute approximate surface area is 110 Å². The summed E-state index contributed by atoms with van der Waals surface area (Å²) in [5, 5.41) is 29.9. The van der Waals surface area contributed by atoms with Gasteiger partial charge in [0.05, 0.1) is 5.60 Å². The molecule has 0 aromatic rings. The molecule has 2 aliphatic carbocycles. The molecule has 0 aliphatic heterocycles. The van der Waals surface area contributed by atoms with Crippen molar-refractivity contribution in [3.05, 3.63) is 11.6 Å². The zero-order valence-electron chi connectivity index (χ0n) is 11.7. The highest BCUT2D eigenvalue weighted by Gasteiger charge is 2.48. The monoisotopic (exact) mass is 254 g/mol. The molecule has 0 saturated heterocycles. The first-order chi connectivity index (χ1) is 8.30. The number of fused-ring (bicyclic) bond motifs is 1. The first kappa shape index (κ1) is 14.0. The van der Waals surface area contributed by atoms with E-state index < -0.39 is 5.60 Å². The van der Waals surface area contributed by atoms with Gasteiger partial charge in [0.15, 0.2) is 0 Å². The lowest BCUT2D eigenvalue weighted by molar-refractivity contribution is -0.000443. The molecule has 18 heavy (non-hydrogen) atoms. The zero-order valence-corrected chi connectivity index (χ0v) is 11.7. The molecule has 1 saturated carbocycles. The Balaban J connectivity index is 2.40. The first-order valence-corrected chi connectivity index (χ1v) is 6.97. The number of hydrogen-bond acceptors (Lipinski definition) is 3. The fraction of sp³-hybridized carbons (Fsp3) is 0.867. The fourth-order valence-corrected chi connectivity index (χ4v) is 3.80. The quantitative estimate of drug-likeness (QED) is 0.658. The van der Waals surface area contributed by atoms with E-state index in [9.17, 15) is 15.3 Å². The Morgan fingerprint density at radius 3 is 2.44 bits per heavy atom. The second-order valence-electron chi connectivity index (χ2n) is 7.02. The molecule has 0 amide bonds. The van der Waals surface area contributed by atoms with E-state index in [2.05, 4.69) is 19.9 Å². The minimum atomic E-state index is -0.711. The van der Waals surface area contributed by atoms with Crippen molar-refractivity contribution in [1.29, 1.82) is 0 Å². The average Bonchev–Trinajstić information content (AvgIpc) is 2.56.